The normalized spacial score (nSPS) is 20.9. The van der Waals surface area contributed by atoms with Crippen LogP contribution in [0.5, 0.6) is 0 Å². The Morgan fingerprint density at radius 2 is 0.857 bits per heavy atom. The topological polar surface area (TPSA) is 115 Å². The number of amidine groups is 2. The molecule has 0 fully saturated rings. The lowest BCUT2D eigenvalue weighted by Crippen LogP contribution is -2.53. The Morgan fingerprint density at radius 3 is 1.14 bits per heavy atom. The quantitative estimate of drug-likeness (QED) is 0.251. The fourth-order valence-electron chi connectivity index (χ4n) is 5.41. The van der Waals surface area contributed by atoms with E-state index in [4.69, 9.17) is 0 Å². The van der Waals surface area contributed by atoms with E-state index in [2.05, 4.69) is 0 Å². The van der Waals surface area contributed by atoms with Crippen LogP contribution in [0.25, 0.3) is 0 Å². The average molecular weight is 589 g/mol. The maximum atomic E-state index is 15.1. The molecule has 0 spiro atoms. The molecule has 0 N–H and O–H groups in total. The Bertz CT molecular complexity index is 1540. The largest absolute Gasteiger partial charge is 0.714 e. The van der Waals surface area contributed by atoms with E-state index >= 15 is 4.57 Å². The van der Waals surface area contributed by atoms with Gasteiger partial charge in [0, 0.05) is 26.3 Å². The van der Waals surface area contributed by atoms with Gasteiger partial charge in [0.1, 0.15) is 11.1 Å². The molecular formula is C32H37N4O5P. The van der Waals surface area contributed by atoms with Gasteiger partial charge in [0.05, 0.1) is 11.1 Å². The van der Waals surface area contributed by atoms with E-state index in [1.807, 2.05) is 18.2 Å². The van der Waals surface area contributed by atoms with Crippen molar-refractivity contribution in [3.05, 3.63) is 100 Å². The summed E-state index contributed by atoms with van der Waals surface area (Å²) in [5, 5.41) is 55.9. The maximum Gasteiger partial charge on any atom is 0.316 e. The zero-order valence-electron chi connectivity index (χ0n) is 25.3. The van der Waals surface area contributed by atoms with Gasteiger partial charge in [-0.05, 0) is 104 Å². The molecule has 0 aliphatic carbocycles. The molecule has 9 nitrogen and oxygen atoms in total. The summed E-state index contributed by atoms with van der Waals surface area (Å²) in [6, 6.07) is 22.5. The van der Waals surface area contributed by atoms with Gasteiger partial charge in [-0.15, -0.1) is 0 Å². The molecule has 0 bridgehead atoms. The van der Waals surface area contributed by atoms with Crippen molar-refractivity contribution >= 4 is 34.7 Å². The van der Waals surface area contributed by atoms with E-state index in [0.29, 0.717) is 27.0 Å². The number of rotatable bonds is 5. The molecule has 0 unspecified atom stereocenters. The Morgan fingerprint density at radius 1 is 0.548 bits per heavy atom. The van der Waals surface area contributed by atoms with Gasteiger partial charge in [-0.1, -0.05) is 40.5 Å². The van der Waals surface area contributed by atoms with Crippen LogP contribution in [0.1, 0.15) is 66.5 Å². The summed E-state index contributed by atoms with van der Waals surface area (Å²) in [4.78, 5) is 0. The standard InChI is InChI=1S/C32H37N4O5P/c1-29(2)30(3,4)34(38)27(33(29)37)22-14-18-25(19-15-22)42(41,24-12-10-9-11-13-24)26-20-16-23(17-21-26)28-35(39)31(5,6)32(7,8)36(28)40/h9-21H,1-8H3. The molecule has 42 heavy (non-hydrogen) atoms. The lowest BCUT2D eigenvalue weighted by Gasteiger charge is -2.32. The zero-order valence-corrected chi connectivity index (χ0v) is 26.2. The highest BCUT2D eigenvalue weighted by atomic mass is 31.2. The summed E-state index contributed by atoms with van der Waals surface area (Å²) in [6.45, 7) is 13.9. The maximum absolute atomic E-state index is 15.1. The van der Waals surface area contributed by atoms with Gasteiger partial charge in [-0.3, -0.25) is 9.48 Å². The van der Waals surface area contributed by atoms with Crippen LogP contribution in [0.4, 0.5) is 0 Å². The van der Waals surface area contributed by atoms with Crippen LogP contribution in [0.2, 0.25) is 0 Å². The van der Waals surface area contributed by atoms with Gasteiger partial charge >= 0.3 is 11.7 Å². The Hall–Kier alpha value is -3.65. The van der Waals surface area contributed by atoms with Gasteiger partial charge in [0.15, 0.2) is 18.2 Å². The van der Waals surface area contributed by atoms with Crippen molar-refractivity contribution < 1.29 is 24.5 Å². The molecule has 2 aliphatic heterocycles. The van der Waals surface area contributed by atoms with Crippen molar-refractivity contribution in [1.29, 1.82) is 0 Å². The monoisotopic (exact) mass is 588 g/mol. The second kappa shape index (κ2) is 9.43. The van der Waals surface area contributed by atoms with Gasteiger partial charge in [0.2, 0.25) is 0 Å². The number of hydroxylamine groups is 6. The fourth-order valence-corrected chi connectivity index (χ4v) is 8.04. The van der Waals surface area contributed by atoms with Crippen LogP contribution in [-0.2, 0) is 15.0 Å². The Kier molecular flexibility index (Phi) is 6.70. The van der Waals surface area contributed by atoms with E-state index in [0.717, 1.165) is 19.6 Å². The molecular weight excluding hydrogens is 551 g/mol. The molecule has 2 aliphatic rings. The molecule has 0 saturated carbocycles. The highest BCUT2D eigenvalue weighted by molar-refractivity contribution is 7.85. The summed E-state index contributed by atoms with van der Waals surface area (Å²) in [7, 11) is -3.43. The lowest BCUT2D eigenvalue weighted by atomic mass is 9.84. The molecule has 0 aromatic heterocycles. The molecule has 2 radical (unpaired) electrons. The summed E-state index contributed by atoms with van der Waals surface area (Å²) >= 11 is 0. The first-order chi connectivity index (χ1) is 19.4. The highest BCUT2D eigenvalue weighted by Crippen LogP contribution is 2.44. The van der Waals surface area contributed by atoms with Crippen LogP contribution in [-0.4, -0.2) is 53.4 Å². The van der Waals surface area contributed by atoms with Crippen molar-refractivity contribution in [3.63, 3.8) is 0 Å². The second-order valence-electron chi connectivity index (χ2n) is 13.1. The third kappa shape index (κ3) is 3.87. The molecule has 2 heterocycles. The zero-order chi connectivity index (χ0) is 31.0. The first kappa shape index (κ1) is 29.8. The van der Waals surface area contributed by atoms with Gasteiger partial charge in [-0.2, -0.15) is 0 Å². The fraction of sp³-hybridized carbons (Fsp3) is 0.375. The lowest BCUT2D eigenvalue weighted by molar-refractivity contribution is -0.539. The number of benzene rings is 3. The average Bonchev–Trinajstić information content (AvgIpc) is 3.16. The van der Waals surface area contributed by atoms with Gasteiger partial charge in [-0.25, -0.2) is 0 Å². The van der Waals surface area contributed by atoms with E-state index in [1.165, 1.54) is 0 Å². The van der Waals surface area contributed by atoms with Gasteiger partial charge < -0.3 is 15.0 Å². The highest BCUT2D eigenvalue weighted by Gasteiger charge is 2.61. The van der Waals surface area contributed by atoms with E-state index in [1.54, 1.807) is 116 Å². The van der Waals surface area contributed by atoms with E-state index in [9.17, 15) is 20.8 Å². The molecule has 5 rings (SSSR count). The Labute approximate surface area is 247 Å². The molecule has 220 valence electrons. The van der Waals surface area contributed by atoms with Gasteiger partial charge in [0.25, 0.3) is 0 Å². The minimum Gasteiger partial charge on any atom is -0.714 e. The SMILES string of the molecule is CC1(C)N([O])C(c2ccc(P(=O)(c3ccccc3)c3ccc(C4=[N+]([O-])C(C)(C)C(C)(C)N4[O])cc3)cc2)=[N+]([O-])C1(C)C. The third-order valence-electron chi connectivity index (χ3n) is 9.89. The van der Waals surface area contributed by atoms with Crippen LogP contribution < -0.4 is 15.9 Å². The molecule has 0 amide bonds. The first-order valence-corrected chi connectivity index (χ1v) is 15.6. The van der Waals surface area contributed by atoms with E-state index in [-0.39, 0.29) is 11.7 Å². The summed E-state index contributed by atoms with van der Waals surface area (Å²) in [5.41, 5.74) is -2.94. The predicted octanol–water partition coefficient (Wildman–Crippen LogP) is 4.28. The van der Waals surface area contributed by atoms with Crippen molar-refractivity contribution in [2.45, 2.75) is 77.5 Å². The molecule has 0 saturated heterocycles. The van der Waals surface area contributed by atoms with Crippen molar-refractivity contribution in [2.75, 3.05) is 0 Å². The molecule has 10 heteroatoms. The number of hydrogen-bond acceptors (Lipinski definition) is 5. The minimum absolute atomic E-state index is 0.0132. The van der Waals surface area contributed by atoms with Crippen molar-refractivity contribution in [1.82, 2.24) is 10.1 Å². The van der Waals surface area contributed by atoms with E-state index < -0.39 is 29.3 Å². The van der Waals surface area contributed by atoms with Crippen LogP contribution in [0.3, 0.4) is 0 Å². The molecule has 3 aromatic carbocycles. The van der Waals surface area contributed by atoms with Crippen LogP contribution in [0.15, 0.2) is 78.9 Å². The summed E-state index contributed by atoms with van der Waals surface area (Å²) in [5.74, 6) is 0.0263. The van der Waals surface area contributed by atoms with Crippen molar-refractivity contribution in [2.24, 2.45) is 0 Å². The van der Waals surface area contributed by atoms with Crippen LogP contribution >= 0.6 is 7.14 Å². The number of hydrogen-bond donors (Lipinski definition) is 0. The third-order valence-corrected chi connectivity index (χ3v) is 13.0. The van der Waals surface area contributed by atoms with Crippen LogP contribution in [0, 0.1) is 10.4 Å². The predicted molar refractivity (Wildman–Crippen MR) is 163 cm³/mol. The minimum atomic E-state index is -3.43. The number of nitrogens with zero attached hydrogens (tertiary/aromatic N) is 4. The second-order valence-corrected chi connectivity index (χ2v) is 15.9. The molecule has 3 aromatic rings. The smallest absolute Gasteiger partial charge is 0.316 e. The summed E-state index contributed by atoms with van der Waals surface area (Å²) < 4.78 is 16.6. The Balaban J connectivity index is 1.59. The first-order valence-electron chi connectivity index (χ1n) is 13.9. The summed E-state index contributed by atoms with van der Waals surface area (Å²) in [6.07, 6.45) is 0. The van der Waals surface area contributed by atoms with Crippen molar-refractivity contribution in [3.8, 4) is 0 Å². The molecule has 0 atom stereocenters.